The number of aryl methyl sites for hydroxylation is 2. The molecule has 0 fully saturated rings. The normalized spacial score (nSPS) is 12.2. The van der Waals surface area contributed by atoms with E-state index in [4.69, 9.17) is 10.2 Å². The molecule has 0 aliphatic rings. The number of rotatable bonds is 4. The van der Waals surface area contributed by atoms with E-state index in [1.165, 1.54) is 5.56 Å². The molecule has 0 bridgehead atoms. The zero-order valence-electron chi connectivity index (χ0n) is 12.1. The number of furan rings is 1. The molecule has 1 unspecified atom stereocenters. The summed E-state index contributed by atoms with van der Waals surface area (Å²) < 4.78 is 5.35. The molecule has 1 heterocycles. The zero-order valence-corrected chi connectivity index (χ0v) is 12.1. The minimum Gasteiger partial charge on any atom is -0.455 e. The molecular formula is C16H20N2O2. The molecule has 4 nitrogen and oxygen atoms in total. The molecule has 20 heavy (non-hydrogen) atoms. The summed E-state index contributed by atoms with van der Waals surface area (Å²) in [4.78, 5) is 12.1. The Morgan fingerprint density at radius 1 is 1.30 bits per heavy atom. The standard InChI is InChI=1S/C16H20N2O2/c1-10-4-5-11(2)14(8-10)12(3)18-16(19)15-7-6-13(9-17)20-15/h4-8,12H,9,17H2,1-3H3,(H,18,19). The fraction of sp³-hybridized carbons (Fsp3) is 0.312. The van der Waals surface area contributed by atoms with Gasteiger partial charge in [0.1, 0.15) is 5.76 Å². The van der Waals surface area contributed by atoms with Gasteiger partial charge in [-0.15, -0.1) is 0 Å². The van der Waals surface area contributed by atoms with Crippen molar-refractivity contribution in [2.75, 3.05) is 0 Å². The molecule has 0 aliphatic carbocycles. The molecule has 4 heteroatoms. The van der Waals surface area contributed by atoms with Crippen LogP contribution in [0.25, 0.3) is 0 Å². The van der Waals surface area contributed by atoms with E-state index in [1.807, 2.05) is 20.8 Å². The van der Waals surface area contributed by atoms with Crippen molar-refractivity contribution in [3.8, 4) is 0 Å². The van der Waals surface area contributed by atoms with Crippen LogP contribution in [0.3, 0.4) is 0 Å². The van der Waals surface area contributed by atoms with Crippen LogP contribution in [0, 0.1) is 13.8 Å². The zero-order chi connectivity index (χ0) is 14.7. The average Bonchev–Trinajstić information content (AvgIpc) is 2.90. The van der Waals surface area contributed by atoms with Gasteiger partial charge < -0.3 is 15.5 Å². The van der Waals surface area contributed by atoms with Crippen molar-refractivity contribution < 1.29 is 9.21 Å². The molecule has 106 valence electrons. The smallest absolute Gasteiger partial charge is 0.287 e. The Morgan fingerprint density at radius 3 is 2.70 bits per heavy atom. The van der Waals surface area contributed by atoms with Crippen LogP contribution in [0.1, 0.15) is 46.0 Å². The van der Waals surface area contributed by atoms with Gasteiger partial charge in [0.05, 0.1) is 12.6 Å². The maximum absolute atomic E-state index is 12.1. The topological polar surface area (TPSA) is 68.3 Å². The number of nitrogens with one attached hydrogen (secondary N) is 1. The van der Waals surface area contributed by atoms with Gasteiger partial charge in [-0.3, -0.25) is 4.79 Å². The van der Waals surface area contributed by atoms with Crippen LogP contribution in [0.4, 0.5) is 0 Å². The minimum atomic E-state index is -0.224. The second-order valence-corrected chi connectivity index (χ2v) is 5.03. The van der Waals surface area contributed by atoms with Crippen LogP contribution in [0.2, 0.25) is 0 Å². The Labute approximate surface area is 119 Å². The Bertz CT molecular complexity index is 617. The number of carbonyl (C=O) groups excluding carboxylic acids is 1. The lowest BCUT2D eigenvalue weighted by molar-refractivity contribution is 0.0910. The Hall–Kier alpha value is -2.07. The van der Waals surface area contributed by atoms with Crippen molar-refractivity contribution in [3.05, 3.63) is 58.5 Å². The second-order valence-electron chi connectivity index (χ2n) is 5.03. The van der Waals surface area contributed by atoms with Crippen molar-refractivity contribution in [3.63, 3.8) is 0 Å². The van der Waals surface area contributed by atoms with Gasteiger partial charge >= 0.3 is 0 Å². The first-order valence-electron chi connectivity index (χ1n) is 6.68. The molecule has 3 N–H and O–H groups in total. The number of benzene rings is 1. The molecule has 1 aromatic carbocycles. The van der Waals surface area contributed by atoms with Gasteiger partial charge in [0.2, 0.25) is 0 Å². The largest absolute Gasteiger partial charge is 0.455 e. The number of hydrogen-bond acceptors (Lipinski definition) is 3. The van der Waals surface area contributed by atoms with Crippen molar-refractivity contribution in [1.82, 2.24) is 5.32 Å². The predicted molar refractivity (Wildman–Crippen MR) is 78.4 cm³/mol. The maximum Gasteiger partial charge on any atom is 0.287 e. The summed E-state index contributed by atoms with van der Waals surface area (Å²) in [5.74, 6) is 0.676. The summed E-state index contributed by atoms with van der Waals surface area (Å²) in [6, 6.07) is 9.51. The van der Waals surface area contributed by atoms with E-state index < -0.39 is 0 Å². The average molecular weight is 272 g/mol. The first-order chi connectivity index (χ1) is 9.51. The molecule has 0 spiro atoms. The van der Waals surface area contributed by atoms with E-state index in [1.54, 1.807) is 12.1 Å². The lowest BCUT2D eigenvalue weighted by atomic mass is 10.00. The van der Waals surface area contributed by atoms with Crippen LogP contribution in [-0.4, -0.2) is 5.91 Å². The van der Waals surface area contributed by atoms with Crippen LogP contribution in [0.15, 0.2) is 34.7 Å². The van der Waals surface area contributed by atoms with Gasteiger partial charge in [0, 0.05) is 0 Å². The predicted octanol–water partition coefficient (Wildman–Crippen LogP) is 2.85. The molecule has 2 aromatic rings. The van der Waals surface area contributed by atoms with Gasteiger partial charge in [0.15, 0.2) is 5.76 Å². The van der Waals surface area contributed by atoms with Crippen molar-refractivity contribution in [2.45, 2.75) is 33.4 Å². The van der Waals surface area contributed by atoms with E-state index in [0.29, 0.717) is 18.1 Å². The SMILES string of the molecule is Cc1ccc(C)c(C(C)NC(=O)c2ccc(CN)o2)c1. The highest BCUT2D eigenvalue weighted by Crippen LogP contribution is 2.19. The lowest BCUT2D eigenvalue weighted by Gasteiger charge is -2.16. The van der Waals surface area contributed by atoms with Crippen LogP contribution < -0.4 is 11.1 Å². The fourth-order valence-electron chi connectivity index (χ4n) is 2.18. The summed E-state index contributed by atoms with van der Waals surface area (Å²) in [6.45, 7) is 6.33. The maximum atomic E-state index is 12.1. The highest BCUT2D eigenvalue weighted by Gasteiger charge is 2.16. The summed E-state index contributed by atoms with van der Waals surface area (Å²) in [5.41, 5.74) is 8.92. The molecule has 0 saturated heterocycles. The third kappa shape index (κ3) is 3.08. The van der Waals surface area contributed by atoms with Gasteiger partial charge in [-0.25, -0.2) is 0 Å². The molecule has 1 aromatic heterocycles. The fourth-order valence-corrected chi connectivity index (χ4v) is 2.18. The molecule has 1 amide bonds. The molecular weight excluding hydrogens is 252 g/mol. The van der Waals surface area contributed by atoms with Crippen LogP contribution >= 0.6 is 0 Å². The monoisotopic (exact) mass is 272 g/mol. The van der Waals surface area contributed by atoms with Crippen molar-refractivity contribution >= 4 is 5.91 Å². The Kier molecular flexibility index (Phi) is 4.25. The number of nitrogens with two attached hydrogens (primary N) is 1. The van der Waals surface area contributed by atoms with E-state index in [0.717, 1.165) is 11.1 Å². The quantitative estimate of drug-likeness (QED) is 0.899. The minimum absolute atomic E-state index is 0.0752. The number of carbonyl (C=O) groups is 1. The molecule has 0 radical (unpaired) electrons. The van der Waals surface area contributed by atoms with E-state index in [2.05, 4.69) is 23.5 Å². The van der Waals surface area contributed by atoms with Gasteiger partial charge in [-0.05, 0) is 44.0 Å². The van der Waals surface area contributed by atoms with E-state index >= 15 is 0 Å². The number of amides is 1. The molecule has 0 aliphatic heterocycles. The highest BCUT2D eigenvalue weighted by molar-refractivity contribution is 5.91. The summed E-state index contributed by atoms with van der Waals surface area (Å²) in [7, 11) is 0. The third-order valence-electron chi connectivity index (χ3n) is 3.34. The Morgan fingerprint density at radius 2 is 2.05 bits per heavy atom. The lowest BCUT2D eigenvalue weighted by Crippen LogP contribution is -2.26. The van der Waals surface area contributed by atoms with E-state index in [-0.39, 0.29) is 11.9 Å². The van der Waals surface area contributed by atoms with Crippen LogP contribution in [0.5, 0.6) is 0 Å². The van der Waals surface area contributed by atoms with Crippen molar-refractivity contribution in [1.29, 1.82) is 0 Å². The van der Waals surface area contributed by atoms with Gasteiger partial charge in [-0.2, -0.15) is 0 Å². The van der Waals surface area contributed by atoms with Crippen molar-refractivity contribution in [2.24, 2.45) is 5.73 Å². The van der Waals surface area contributed by atoms with Crippen LogP contribution in [-0.2, 0) is 6.54 Å². The molecule has 1 atom stereocenters. The first-order valence-corrected chi connectivity index (χ1v) is 6.68. The van der Waals surface area contributed by atoms with Gasteiger partial charge in [0.25, 0.3) is 5.91 Å². The summed E-state index contributed by atoms with van der Waals surface area (Å²) in [6.07, 6.45) is 0. The Balaban J connectivity index is 2.12. The highest BCUT2D eigenvalue weighted by atomic mass is 16.4. The van der Waals surface area contributed by atoms with Gasteiger partial charge in [-0.1, -0.05) is 23.8 Å². The first kappa shape index (κ1) is 14.3. The van der Waals surface area contributed by atoms with E-state index in [9.17, 15) is 4.79 Å². The molecule has 2 rings (SSSR count). The second kappa shape index (κ2) is 5.92. The third-order valence-corrected chi connectivity index (χ3v) is 3.34. The summed E-state index contributed by atoms with van der Waals surface area (Å²) >= 11 is 0. The number of hydrogen-bond donors (Lipinski definition) is 2. The summed E-state index contributed by atoms with van der Waals surface area (Å²) in [5, 5.41) is 2.94. The molecule has 0 saturated carbocycles.